The van der Waals surface area contributed by atoms with Crippen LogP contribution in [0.2, 0.25) is 0 Å². The van der Waals surface area contributed by atoms with E-state index in [-0.39, 0.29) is 35.0 Å². The molecule has 1 atom stereocenters. The topological polar surface area (TPSA) is 117 Å². The first kappa shape index (κ1) is 19.8. The third kappa shape index (κ3) is 4.01. The molecule has 142 valence electrons. The highest BCUT2D eigenvalue weighted by Gasteiger charge is 2.21. The maximum Gasteiger partial charge on any atom is 0.330 e. The molecule has 1 unspecified atom stereocenters. The SMILES string of the molecule is CC(C)Cn1c(=O)[nH]c(=O)c2c(C(=O)NC(C)CO)cc(C(C)C)nc21. The summed E-state index contributed by atoms with van der Waals surface area (Å²) in [5, 5.41) is 11.9. The molecule has 0 aliphatic rings. The van der Waals surface area contributed by atoms with Crippen molar-refractivity contribution in [2.24, 2.45) is 5.92 Å². The zero-order valence-corrected chi connectivity index (χ0v) is 15.8. The van der Waals surface area contributed by atoms with Crippen molar-refractivity contribution in [2.45, 2.75) is 53.1 Å². The normalized spacial score (nSPS) is 12.8. The van der Waals surface area contributed by atoms with Gasteiger partial charge < -0.3 is 10.4 Å². The minimum Gasteiger partial charge on any atom is -0.394 e. The van der Waals surface area contributed by atoms with Crippen LogP contribution in [0.5, 0.6) is 0 Å². The number of hydrogen-bond acceptors (Lipinski definition) is 5. The molecule has 8 nitrogen and oxygen atoms in total. The summed E-state index contributed by atoms with van der Waals surface area (Å²) in [6.07, 6.45) is 0. The Morgan fingerprint density at radius 3 is 2.46 bits per heavy atom. The number of nitrogens with zero attached hydrogens (tertiary/aromatic N) is 2. The zero-order chi connectivity index (χ0) is 19.6. The van der Waals surface area contributed by atoms with Crippen molar-refractivity contribution in [3.05, 3.63) is 38.2 Å². The fraction of sp³-hybridized carbons (Fsp3) is 0.556. The Labute approximate surface area is 151 Å². The van der Waals surface area contributed by atoms with Gasteiger partial charge in [-0.05, 0) is 24.8 Å². The van der Waals surface area contributed by atoms with Gasteiger partial charge in [-0.1, -0.05) is 27.7 Å². The molecule has 0 bridgehead atoms. The summed E-state index contributed by atoms with van der Waals surface area (Å²) in [4.78, 5) is 44.2. The largest absolute Gasteiger partial charge is 0.394 e. The van der Waals surface area contributed by atoms with Crippen LogP contribution in [0.15, 0.2) is 15.7 Å². The molecular formula is C18H26N4O4. The lowest BCUT2D eigenvalue weighted by Crippen LogP contribution is -2.37. The van der Waals surface area contributed by atoms with Gasteiger partial charge in [0.2, 0.25) is 0 Å². The predicted octanol–water partition coefficient (Wildman–Crippen LogP) is 0.975. The van der Waals surface area contributed by atoms with Gasteiger partial charge in [0.15, 0.2) is 5.65 Å². The van der Waals surface area contributed by atoms with Crippen molar-refractivity contribution in [2.75, 3.05) is 6.61 Å². The first-order valence-electron chi connectivity index (χ1n) is 8.75. The van der Waals surface area contributed by atoms with Gasteiger partial charge in [0.1, 0.15) is 0 Å². The minimum absolute atomic E-state index is 0.00288. The molecule has 2 aromatic rings. The molecule has 2 heterocycles. The Kier molecular flexibility index (Phi) is 5.97. The maximum atomic E-state index is 12.7. The lowest BCUT2D eigenvalue weighted by Gasteiger charge is -2.17. The average Bonchev–Trinajstić information content (AvgIpc) is 2.56. The number of carbonyl (C=O) groups excluding carboxylic acids is 1. The molecule has 8 heteroatoms. The molecule has 0 radical (unpaired) electrons. The molecule has 0 saturated heterocycles. The molecule has 2 rings (SSSR count). The first-order valence-corrected chi connectivity index (χ1v) is 8.75. The van der Waals surface area contributed by atoms with Gasteiger partial charge in [0, 0.05) is 18.3 Å². The van der Waals surface area contributed by atoms with Crippen LogP contribution in [0.25, 0.3) is 11.0 Å². The predicted molar refractivity (Wildman–Crippen MR) is 99.6 cm³/mol. The van der Waals surface area contributed by atoms with Gasteiger partial charge in [-0.25, -0.2) is 9.78 Å². The number of hydrogen-bond donors (Lipinski definition) is 3. The molecule has 3 N–H and O–H groups in total. The van der Waals surface area contributed by atoms with Gasteiger partial charge in [-0.3, -0.25) is 19.1 Å². The van der Waals surface area contributed by atoms with Gasteiger partial charge in [-0.2, -0.15) is 0 Å². The molecular weight excluding hydrogens is 336 g/mol. The summed E-state index contributed by atoms with van der Waals surface area (Å²) in [5.41, 5.74) is -0.214. The number of aromatic nitrogens is 3. The number of carbonyl (C=O) groups is 1. The third-order valence-electron chi connectivity index (χ3n) is 4.00. The molecule has 0 spiro atoms. The van der Waals surface area contributed by atoms with Gasteiger partial charge in [0.25, 0.3) is 11.5 Å². The smallest absolute Gasteiger partial charge is 0.330 e. The lowest BCUT2D eigenvalue weighted by atomic mass is 10.0. The van der Waals surface area contributed by atoms with Gasteiger partial charge in [-0.15, -0.1) is 0 Å². The fourth-order valence-corrected chi connectivity index (χ4v) is 2.65. The number of aliphatic hydroxyl groups excluding tert-OH is 1. The van der Waals surface area contributed by atoms with E-state index in [1.807, 2.05) is 27.7 Å². The monoisotopic (exact) mass is 362 g/mol. The van der Waals surface area contributed by atoms with Crippen molar-refractivity contribution >= 4 is 16.9 Å². The second-order valence-electron chi connectivity index (χ2n) is 7.27. The second-order valence-corrected chi connectivity index (χ2v) is 7.27. The number of H-pyrrole nitrogens is 1. The average molecular weight is 362 g/mol. The van der Waals surface area contributed by atoms with Crippen molar-refractivity contribution in [1.82, 2.24) is 19.9 Å². The Balaban J connectivity index is 2.84. The lowest BCUT2D eigenvalue weighted by molar-refractivity contribution is 0.0923. The molecule has 0 saturated carbocycles. The summed E-state index contributed by atoms with van der Waals surface area (Å²) < 4.78 is 1.40. The molecule has 26 heavy (non-hydrogen) atoms. The molecule has 0 aromatic carbocycles. The van der Waals surface area contributed by atoms with Gasteiger partial charge >= 0.3 is 5.69 Å². The molecule has 2 aromatic heterocycles. The zero-order valence-electron chi connectivity index (χ0n) is 15.8. The quantitative estimate of drug-likeness (QED) is 0.708. The van der Waals surface area contributed by atoms with E-state index >= 15 is 0 Å². The van der Waals surface area contributed by atoms with Crippen molar-refractivity contribution in [3.8, 4) is 0 Å². The number of nitrogens with one attached hydrogen (secondary N) is 2. The molecule has 0 fully saturated rings. The van der Waals surface area contributed by atoms with E-state index in [2.05, 4.69) is 15.3 Å². The van der Waals surface area contributed by atoms with Crippen LogP contribution in [-0.4, -0.2) is 38.2 Å². The van der Waals surface area contributed by atoms with Crippen LogP contribution in [0.4, 0.5) is 0 Å². The summed E-state index contributed by atoms with van der Waals surface area (Å²) in [6, 6.07) is 1.11. The minimum atomic E-state index is -0.644. The van der Waals surface area contributed by atoms with Crippen molar-refractivity contribution in [1.29, 1.82) is 0 Å². The summed E-state index contributed by atoms with van der Waals surface area (Å²) in [7, 11) is 0. The highest BCUT2D eigenvalue weighted by Crippen LogP contribution is 2.20. The van der Waals surface area contributed by atoms with Crippen LogP contribution in [-0.2, 0) is 6.54 Å². The molecule has 0 aliphatic heterocycles. The Bertz CT molecular complexity index is 927. The van der Waals surface area contributed by atoms with Gasteiger partial charge in [0.05, 0.1) is 17.6 Å². The van der Waals surface area contributed by atoms with E-state index in [1.165, 1.54) is 4.57 Å². The van der Waals surface area contributed by atoms with Crippen LogP contribution in [0, 0.1) is 5.92 Å². The fourth-order valence-electron chi connectivity index (χ4n) is 2.65. The van der Waals surface area contributed by atoms with Crippen LogP contribution >= 0.6 is 0 Å². The van der Waals surface area contributed by atoms with E-state index in [0.29, 0.717) is 12.2 Å². The number of rotatable bonds is 6. The van der Waals surface area contributed by atoms with Crippen LogP contribution < -0.4 is 16.6 Å². The Morgan fingerprint density at radius 2 is 1.92 bits per heavy atom. The van der Waals surface area contributed by atoms with E-state index in [4.69, 9.17) is 0 Å². The van der Waals surface area contributed by atoms with E-state index < -0.39 is 23.2 Å². The van der Waals surface area contributed by atoms with Crippen LogP contribution in [0.3, 0.4) is 0 Å². The highest BCUT2D eigenvalue weighted by atomic mass is 16.3. The first-order chi connectivity index (χ1) is 12.1. The second kappa shape index (κ2) is 7.82. The number of fused-ring (bicyclic) bond motifs is 1. The molecule has 0 aliphatic carbocycles. The number of amides is 1. The third-order valence-corrected chi connectivity index (χ3v) is 4.00. The number of pyridine rings is 1. The number of aromatic amines is 1. The van der Waals surface area contributed by atoms with Crippen molar-refractivity contribution in [3.63, 3.8) is 0 Å². The molecule has 1 amide bonds. The van der Waals surface area contributed by atoms with Crippen molar-refractivity contribution < 1.29 is 9.90 Å². The standard InChI is InChI=1S/C18H26N4O4/c1-9(2)7-22-15-14(17(25)21-18(22)26)12(6-13(20-15)10(3)4)16(24)19-11(5)8-23/h6,9-11,23H,7-8H2,1-5H3,(H,19,24)(H,21,25,26). The Morgan fingerprint density at radius 1 is 1.27 bits per heavy atom. The van der Waals surface area contributed by atoms with Crippen LogP contribution in [0.1, 0.15) is 56.6 Å². The summed E-state index contributed by atoms with van der Waals surface area (Å²) in [5.74, 6) is -0.331. The van der Waals surface area contributed by atoms with E-state index in [1.54, 1.807) is 13.0 Å². The van der Waals surface area contributed by atoms with E-state index in [9.17, 15) is 19.5 Å². The Hall–Kier alpha value is -2.48. The highest BCUT2D eigenvalue weighted by molar-refractivity contribution is 6.05. The summed E-state index contributed by atoms with van der Waals surface area (Å²) >= 11 is 0. The number of aliphatic hydroxyl groups is 1. The summed E-state index contributed by atoms with van der Waals surface area (Å²) in [6.45, 7) is 9.55. The van der Waals surface area contributed by atoms with E-state index in [0.717, 1.165) is 0 Å². The maximum absolute atomic E-state index is 12.7.